The van der Waals surface area contributed by atoms with Gasteiger partial charge >= 0.3 is 0 Å². The number of nitrogens with zero attached hydrogens (tertiary/aromatic N) is 2. The monoisotopic (exact) mass is 234 g/mol. The average Bonchev–Trinajstić information content (AvgIpc) is 2.34. The summed E-state index contributed by atoms with van der Waals surface area (Å²) in [5, 5.41) is 9.17. The van der Waals surface area contributed by atoms with Crippen molar-refractivity contribution < 1.29 is 9.47 Å². The molecule has 92 valence electrons. The highest BCUT2D eigenvalue weighted by molar-refractivity contribution is 5.45. The molecule has 0 saturated carbocycles. The molecule has 1 aromatic carbocycles. The standard InChI is InChI=1S/C13H18N2O2/c1-15(2)9-11(8-14)10-5-6-12(16-3)13(7-10)17-4/h5-7,11H,9H2,1-4H3. The Balaban J connectivity index is 3.01. The van der Waals surface area contributed by atoms with Crippen molar-refractivity contribution in [1.82, 2.24) is 4.90 Å². The van der Waals surface area contributed by atoms with E-state index in [9.17, 15) is 0 Å². The molecular formula is C13H18N2O2. The van der Waals surface area contributed by atoms with E-state index in [0.717, 1.165) is 5.56 Å². The van der Waals surface area contributed by atoms with E-state index in [1.165, 1.54) is 0 Å². The zero-order chi connectivity index (χ0) is 12.8. The molecule has 0 aromatic heterocycles. The van der Waals surface area contributed by atoms with E-state index in [2.05, 4.69) is 6.07 Å². The highest BCUT2D eigenvalue weighted by Crippen LogP contribution is 2.30. The second-order valence-electron chi connectivity index (χ2n) is 4.06. The zero-order valence-electron chi connectivity index (χ0n) is 10.7. The van der Waals surface area contributed by atoms with Gasteiger partial charge in [-0.1, -0.05) is 6.07 Å². The molecule has 0 heterocycles. The number of benzene rings is 1. The number of ether oxygens (including phenoxy) is 2. The van der Waals surface area contributed by atoms with E-state index in [-0.39, 0.29) is 5.92 Å². The Bertz CT molecular complexity index is 410. The lowest BCUT2D eigenvalue weighted by atomic mass is 10.00. The predicted molar refractivity (Wildman–Crippen MR) is 66.5 cm³/mol. The van der Waals surface area contributed by atoms with Crippen LogP contribution in [0.15, 0.2) is 18.2 Å². The molecule has 4 heteroatoms. The lowest BCUT2D eigenvalue weighted by Gasteiger charge is -2.16. The van der Waals surface area contributed by atoms with E-state index < -0.39 is 0 Å². The van der Waals surface area contributed by atoms with Crippen LogP contribution in [0.4, 0.5) is 0 Å². The van der Waals surface area contributed by atoms with Crippen molar-refractivity contribution in [2.45, 2.75) is 5.92 Å². The minimum Gasteiger partial charge on any atom is -0.493 e. The fraction of sp³-hybridized carbons (Fsp3) is 0.462. The highest BCUT2D eigenvalue weighted by Gasteiger charge is 2.14. The first-order chi connectivity index (χ1) is 8.12. The smallest absolute Gasteiger partial charge is 0.161 e. The number of hydrogen-bond donors (Lipinski definition) is 0. The minimum atomic E-state index is -0.162. The molecule has 0 aliphatic carbocycles. The van der Waals surface area contributed by atoms with Crippen molar-refractivity contribution in [2.24, 2.45) is 0 Å². The Hall–Kier alpha value is -1.73. The maximum absolute atomic E-state index is 9.17. The van der Waals surface area contributed by atoms with E-state index in [0.29, 0.717) is 18.0 Å². The second kappa shape index (κ2) is 6.12. The summed E-state index contributed by atoms with van der Waals surface area (Å²) < 4.78 is 10.4. The Labute approximate surface area is 102 Å². The molecule has 0 N–H and O–H groups in total. The van der Waals surface area contributed by atoms with Crippen molar-refractivity contribution in [3.63, 3.8) is 0 Å². The van der Waals surface area contributed by atoms with Crippen molar-refractivity contribution in [1.29, 1.82) is 5.26 Å². The van der Waals surface area contributed by atoms with Gasteiger partial charge in [-0.05, 0) is 31.8 Å². The fourth-order valence-electron chi connectivity index (χ4n) is 1.66. The summed E-state index contributed by atoms with van der Waals surface area (Å²) in [6.45, 7) is 0.686. The van der Waals surface area contributed by atoms with Gasteiger partial charge in [-0.25, -0.2) is 0 Å². The fourth-order valence-corrected chi connectivity index (χ4v) is 1.66. The van der Waals surface area contributed by atoms with Gasteiger partial charge in [0.1, 0.15) is 0 Å². The van der Waals surface area contributed by atoms with Crippen LogP contribution in [0.2, 0.25) is 0 Å². The third-order valence-electron chi connectivity index (χ3n) is 2.51. The van der Waals surface area contributed by atoms with Crippen LogP contribution in [0.25, 0.3) is 0 Å². The lowest BCUT2D eigenvalue weighted by Crippen LogP contribution is -2.19. The van der Waals surface area contributed by atoms with Crippen molar-refractivity contribution in [2.75, 3.05) is 34.9 Å². The predicted octanol–water partition coefficient (Wildman–Crippen LogP) is 1.87. The van der Waals surface area contributed by atoms with Crippen LogP contribution in [0.1, 0.15) is 11.5 Å². The Morgan fingerprint density at radius 2 is 1.88 bits per heavy atom. The molecule has 0 amide bonds. The van der Waals surface area contributed by atoms with Crippen molar-refractivity contribution >= 4 is 0 Å². The topological polar surface area (TPSA) is 45.5 Å². The summed E-state index contributed by atoms with van der Waals surface area (Å²) in [4.78, 5) is 1.99. The first-order valence-electron chi connectivity index (χ1n) is 5.38. The average molecular weight is 234 g/mol. The van der Waals surface area contributed by atoms with Crippen molar-refractivity contribution in [3.05, 3.63) is 23.8 Å². The molecule has 1 atom stereocenters. The van der Waals surface area contributed by atoms with Gasteiger partial charge < -0.3 is 14.4 Å². The zero-order valence-corrected chi connectivity index (χ0v) is 10.7. The minimum absolute atomic E-state index is 0.162. The van der Waals surface area contributed by atoms with Gasteiger partial charge in [-0.15, -0.1) is 0 Å². The molecule has 0 aliphatic heterocycles. The van der Waals surface area contributed by atoms with Gasteiger partial charge in [0.15, 0.2) is 11.5 Å². The van der Waals surface area contributed by atoms with E-state index in [1.54, 1.807) is 14.2 Å². The maximum atomic E-state index is 9.17. The number of nitriles is 1. The van der Waals surface area contributed by atoms with E-state index >= 15 is 0 Å². The molecular weight excluding hydrogens is 216 g/mol. The summed E-state index contributed by atoms with van der Waals surface area (Å²) >= 11 is 0. The number of hydrogen-bond acceptors (Lipinski definition) is 4. The summed E-state index contributed by atoms with van der Waals surface area (Å²) in [5.41, 5.74) is 0.943. The Morgan fingerprint density at radius 1 is 1.24 bits per heavy atom. The molecule has 17 heavy (non-hydrogen) atoms. The van der Waals surface area contributed by atoms with Crippen LogP contribution in [0.3, 0.4) is 0 Å². The summed E-state index contributed by atoms with van der Waals surface area (Å²) in [7, 11) is 7.09. The molecule has 0 radical (unpaired) electrons. The van der Waals surface area contributed by atoms with E-state index in [1.807, 2.05) is 37.2 Å². The molecule has 1 aromatic rings. The third-order valence-corrected chi connectivity index (χ3v) is 2.51. The molecule has 0 saturated heterocycles. The SMILES string of the molecule is COc1ccc(C(C#N)CN(C)C)cc1OC. The molecule has 0 fully saturated rings. The third kappa shape index (κ3) is 3.36. The summed E-state index contributed by atoms with van der Waals surface area (Å²) in [6, 6.07) is 7.89. The van der Waals surface area contributed by atoms with Crippen LogP contribution in [0, 0.1) is 11.3 Å². The first-order valence-corrected chi connectivity index (χ1v) is 5.38. The normalized spacial score (nSPS) is 12.0. The molecule has 0 aliphatic rings. The van der Waals surface area contributed by atoms with Crippen LogP contribution in [0.5, 0.6) is 11.5 Å². The van der Waals surface area contributed by atoms with Gasteiger partial charge in [-0.3, -0.25) is 0 Å². The molecule has 0 bridgehead atoms. The number of methoxy groups -OCH3 is 2. The van der Waals surface area contributed by atoms with Gasteiger partial charge in [-0.2, -0.15) is 5.26 Å². The maximum Gasteiger partial charge on any atom is 0.161 e. The van der Waals surface area contributed by atoms with Crippen LogP contribution in [-0.4, -0.2) is 39.8 Å². The van der Waals surface area contributed by atoms with Gasteiger partial charge in [0.05, 0.1) is 26.2 Å². The molecule has 1 rings (SSSR count). The largest absolute Gasteiger partial charge is 0.493 e. The lowest BCUT2D eigenvalue weighted by molar-refractivity contribution is 0.353. The van der Waals surface area contributed by atoms with Crippen molar-refractivity contribution in [3.8, 4) is 17.6 Å². The van der Waals surface area contributed by atoms with Crippen LogP contribution in [-0.2, 0) is 0 Å². The number of likely N-dealkylation sites (N-methyl/N-ethyl adjacent to an activating group) is 1. The Morgan fingerprint density at radius 3 is 2.35 bits per heavy atom. The Kier molecular flexibility index (Phi) is 4.80. The van der Waals surface area contributed by atoms with E-state index in [4.69, 9.17) is 14.7 Å². The summed E-state index contributed by atoms with van der Waals surface area (Å²) in [6.07, 6.45) is 0. The van der Waals surface area contributed by atoms with Gasteiger partial charge in [0, 0.05) is 6.54 Å². The van der Waals surface area contributed by atoms with Crippen LogP contribution >= 0.6 is 0 Å². The molecule has 4 nitrogen and oxygen atoms in total. The summed E-state index contributed by atoms with van der Waals surface area (Å²) in [5.74, 6) is 1.17. The first kappa shape index (κ1) is 13.3. The highest BCUT2D eigenvalue weighted by atomic mass is 16.5. The van der Waals surface area contributed by atoms with Gasteiger partial charge in [0.25, 0.3) is 0 Å². The number of rotatable bonds is 5. The van der Waals surface area contributed by atoms with Crippen LogP contribution < -0.4 is 9.47 Å². The van der Waals surface area contributed by atoms with Gasteiger partial charge in [0.2, 0.25) is 0 Å². The molecule has 1 unspecified atom stereocenters. The quantitative estimate of drug-likeness (QED) is 0.780. The second-order valence-corrected chi connectivity index (χ2v) is 4.06. The molecule has 0 spiro atoms.